The van der Waals surface area contributed by atoms with Crippen molar-refractivity contribution in [2.24, 2.45) is 0 Å². The van der Waals surface area contributed by atoms with Gasteiger partial charge in [0.25, 0.3) is 0 Å². The molecule has 19 heavy (non-hydrogen) atoms. The van der Waals surface area contributed by atoms with Crippen LogP contribution in [0.25, 0.3) is 10.3 Å². The molecule has 2 aromatic rings. The van der Waals surface area contributed by atoms with E-state index in [1.165, 1.54) is 25.7 Å². The second-order valence-corrected chi connectivity index (χ2v) is 6.13. The third kappa shape index (κ3) is 2.55. The molecule has 1 aliphatic rings. The second-order valence-electron chi connectivity index (χ2n) is 5.12. The van der Waals surface area contributed by atoms with Crippen LogP contribution >= 0.6 is 11.3 Å². The van der Waals surface area contributed by atoms with Gasteiger partial charge in [-0.25, -0.2) is 0 Å². The first-order valence-corrected chi connectivity index (χ1v) is 7.58. The van der Waals surface area contributed by atoms with E-state index in [0.717, 1.165) is 15.5 Å². The van der Waals surface area contributed by atoms with E-state index in [9.17, 15) is 0 Å². The molecular weight excluding hydrogens is 258 g/mol. The summed E-state index contributed by atoms with van der Waals surface area (Å²) in [5.74, 6) is 0. The van der Waals surface area contributed by atoms with Crippen molar-refractivity contribution in [2.75, 3.05) is 19.0 Å². The summed E-state index contributed by atoms with van der Waals surface area (Å²) >= 11 is 1.70. The van der Waals surface area contributed by atoms with E-state index in [1.807, 2.05) is 6.07 Å². The predicted molar refractivity (Wildman–Crippen MR) is 78.7 cm³/mol. The molecule has 1 aliphatic carbocycles. The Morgan fingerprint density at radius 1 is 1.32 bits per heavy atom. The summed E-state index contributed by atoms with van der Waals surface area (Å²) < 4.78 is 1.11. The van der Waals surface area contributed by atoms with Gasteiger partial charge in [-0.05, 0) is 38.8 Å². The van der Waals surface area contributed by atoms with Crippen LogP contribution in [0.5, 0.6) is 0 Å². The predicted octanol–water partition coefficient (Wildman–Crippen LogP) is 2.05. The van der Waals surface area contributed by atoms with E-state index in [1.54, 1.807) is 17.5 Å². The molecule has 0 atom stereocenters. The highest BCUT2D eigenvalue weighted by Gasteiger charge is 2.24. The first-order valence-electron chi connectivity index (χ1n) is 6.76. The Balaban J connectivity index is 1.74. The summed E-state index contributed by atoms with van der Waals surface area (Å²) in [5, 5.41) is 12.4. The van der Waals surface area contributed by atoms with Crippen LogP contribution in [-0.4, -0.2) is 41.4 Å². The van der Waals surface area contributed by atoms with E-state index in [4.69, 9.17) is 0 Å². The van der Waals surface area contributed by atoms with Crippen LogP contribution in [0.15, 0.2) is 12.3 Å². The van der Waals surface area contributed by atoms with Crippen molar-refractivity contribution in [1.29, 1.82) is 0 Å². The van der Waals surface area contributed by atoms with Gasteiger partial charge in [-0.15, -0.1) is 5.10 Å². The number of thiazole rings is 1. The Bertz CT molecular complexity index is 514. The molecule has 0 saturated heterocycles. The van der Waals surface area contributed by atoms with Crippen LogP contribution < -0.4 is 10.2 Å². The molecule has 0 radical (unpaired) electrons. The molecule has 0 aliphatic heterocycles. The van der Waals surface area contributed by atoms with Gasteiger partial charge in [-0.3, -0.25) is 0 Å². The van der Waals surface area contributed by atoms with Gasteiger partial charge in [0.1, 0.15) is 0 Å². The molecule has 102 valence electrons. The van der Waals surface area contributed by atoms with E-state index in [-0.39, 0.29) is 0 Å². The van der Waals surface area contributed by atoms with Gasteiger partial charge in [-0.1, -0.05) is 11.3 Å². The maximum absolute atomic E-state index is 4.58. The molecule has 6 heteroatoms. The highest BCUT2D eigenvalue weighted by molar-refractivity contribution is 7.22. The highest BCUT2D eigenvalue weighted by Crippen LogP contribution is 2.31. The zero-order chi connectivity index (χ0) is 13.2. The lowest BCUT2D eigenvalue weighted by Gasteiger charge is -2.34. The first-order chi connectivity index (χ1) is 9.28. The summed E-state index contributed by atoms with van der Waals surface area (Å²) in [5.41, 5.74) is 0.762. The minimum Gasteiger partial charge on any atom is -0.348 e. The number of anilines is 1. The Labute approximate surface area is 117 Å². The lowest BCUT2D eigenvalue weighted by atomic mass is 9.91. The standard InChI is InChI=1S/C13H19N5S/c1-14-9-3-5-10(6-4-9)18(2)13-16-12-11(19-13)7-8-15-17-12/h7-10,14H,3-6H2,1-2H3. The first kappa shape index (κ1) is 12.7. The number of hydrogen-bond donors (Lipinski definition) is 1. The van der Waals surface area contributed by atoms with Crippen LogP contribution in [-0.2, 0) is 0 Å². The maximum Gasteiger partial charge on any atom is 0.194 e. The second kappa shape index (κ2) is 5.38. The van der Waals surface area contributed by atoms with Crippen LogP contribution in [0, 0.1) is 0 Å². The van der Waals surface area contributed by atoms with Crippen LogP contribution in [0.2, 0.25) is 0 Å². The van der Waals surface area contributed by atoms with Gasteiger partial charge >= 0.3 is 0 Å². The normalized spacial score (nSPS) is 23.7. The summed E-state index contributed by atoms with van der Waals surface area (Å²) in [4.78, 5) is 6.90. The summed E-state index contributed by atoms with van der Waals surface area (Å²) in [6.07, 6.45) is 6.67. The molecule has 0 spiro atoms. The van der Waals surface area contributed by atoms with Gasteiger partial charge in [0.15, 0.2) is 10.8 Å². The number of hydrogen-bond acceptors (Lipinski definition) is 6. The molecule has 0 bridgehead atoms. The average Bonchev–Trinajstić information content (AvgIpc) is 2.90. The number of aromatic nitrogens is 3. The SMILES string of the molecule is CNC1CCC(N(C)c2nc3nnccc3s2)CC1. The topological polar surface area (TPSA) is 53.9 Å². The quantitative estimate of drug-likeness (QED) is 0.930. The van der Waals surface area contributed by atoms with E-state index < -0.39 is 0 Å². The molecular formula is C13H19N5S. The van der Waals surface area contributed by atoms with Crippen molar-refractivity contribution in [3.05, 3.63) is 12.3 Å². The third-order valence-electron chi connectivity index (χ3n) is 4.02. The molecule has 3 rings (SSSR count). The molecule has 2 aromatic heterocycles. The van der Waals surface area contributed by atoms with Crippen molar-refractivity contribution in [3.8, 4) is 0 Å². The smallest absolute Gasteiger partial charge is 0.194 e. The van der Waals surface area contributed by atoms with E-state index in [0.29, 0.717) is 12.1 Å². The molecule has 1 saturated carbocycles. The number of rotatable bonds is 3. The maximum atomic E-state index is 4.58. The Morgan fingerprint density at radius 2 is 2.11 bits per heavy atom. The number of nitrogens with zero attached hydrogens (tertiary/aromatic N) is 4. The molecule has 1 fully saturated rings. The van der Waals surface area contributed by atoms with Crippen LogP contribution in [0.3, 0.4) is 0 Å². The van der Waals surface area contributed by atoms with Gasteiger partial charge in [0, 0.05) is 19.1 Å². The van der Waals surface area contributed by atoms with Gasteiger partial charge in [-0.2, -0.15) is 10.1 Å². The largest absolute Gasteiger partial charge is 0.348 e. The van der Waals surface area contributed by atoms with Crippen molar-refractivity contribution >= 4 is 26.8 Å². The minimum absolute atomic E-state index is 0.595. The summed E-state index contributed by atoms with van der Waals surface area (Å²) in [7, 11) is 4.20. The number of nitrogens with one attached hydrogen (secondary N) is 1. The third-order valence-corrected chi connectivity index (χ3v) is 5.12. The van der Waals surface area contributed by atoms with Gasteiger partial charge in [0.05, 0.1) is 10.9 Å². The Kier molecular flexibility index (Phi) is 3.61. The summed E-state index contributed by atoms with van der Waals surface area (Å²) in [6.45, 7) is 0. The van der Waals surface area contributed by atoms with Crippen LogP contribution in [0.1, 0.15) is 25.7 Å². The Morgan fingerprint density at radius 3 is 2.79 bits per heavy atom. The minimum atomic E-state index is 0.595. The van der Waals surface area contributed by atoms with E-state index >= 15 is 0 Å². The zero-order valence-electron chi connectivity index (χ0n) is 11.3. The lowest BCUT2D eigenvalue weighted by molar-refractivity contribution is 0.351. The summed E-state index contributed by atoms with van der Waals surface area (Å²) in [6, 6.07) is 3.26. The zero-order valence-corrected chi connectivity index (χ0v) is 12.2. The molecule has 0 amide bonds. The molecule has 0 unspecified atom stereocenters. The van der Waals surface area contributed by atoms with Crippen molar-refractivity contribution in [3.63, 3.8) is 0 Å². The monoisotopic (exact) mass is 277 g/mol. The fraction of sp³-hybridized carbons (Fsp3) is 0.615. The van der Waals surface area contributed by atoms with Gasteiger partial charge < -0.3 is 10.2 Å². The fourth-order valence-electron chi connectivity index (χ4n) is 2.74. The fourth-order valence-corrected chi connectivity index (χ4v) is 3.67. The molecule has 1 N–H and O–H groups in total. The van der Waals surface area contributed by atoms with Crippen molar-refractivity contribution in [1.82, 2.24) is 20.5 Å². The van der Waals surface area contributed by atoms with Crippen molar-refractivity contribution < 1.29 is 0 Å². The molecule has 0 aromatic carbocycles. The highest BCUT2D eigenvalue weighted by atomic mass is 32.1. The Hall–Kier alpha value is -1.27. The molecule has 2 heterocycles. The van der Waals surface area contributed by atoms with Gasteiger partial charge in [0.2, 0.25) is 0 Å². The number of fused-ring (bicyclic) bond motifs is 1. The van der Waals surface area contributed by atoms with E-state index in [2.05, 4.69) is 39.5 Å². The molecule has 5 nitrogen and oxygen atoms in total. The lowest BCUT2D eigenvalue weighted by Crippen LogP contribution is -2.39. The van der Waals surface area contributed by atoms with Crippen LogP contribution in [0.4, 0.5) is 5.13 Å². The average molecular weight is 277 g/mol. The van der Waals surface area contributed by atoms with Crippen molar-refractivity contribution in [2.45, 2.75) is 37.8 Å².